The van der Waals surface area contributed by atoms with E-state index in [2.05, 4.69) is 0 Å². The van der Waals surface area contributed by atoms with Crippen LogP contribution < -0.4 is 5.73 Å². The third kappa shape index (κ3) is 16.7. The van der Waals surface area contributed by atoms with Crippen molar-refractivity contribution in [3.63, 3.8) is 0 Å². The second kappa shape index (κ2) is 14.1. The van der Waals surface area contributed by atoms with Gasteiger partial charge in [0.2, 0.25) is 0 Å². The van der Waals surface area contributed by atoms with E-state index in [4.69, 9.17) is 15.9 Å². The quantitative estimate of drug-likeness (QED) is 0.586. The van der Waals surface area contributed by atoms with Gasteiger partial charge in [-0.05, 0) is 36.9 Å². The summed E-state index contributed by atoms with van der Waals surface area (Å²) >= 11 is 3.37. The van der Waals surface area contributed by atoms with Gasteiger partial charge in [0.25, 0.3) is 0 Å². The van der Waals surface area contributed by atoms with Crippen molar-refractivity contribution in [1.82, 2.24) is 0 Å². The first-order valence-electron chi connectivity index (χ1n) is 4.67. The van der Waals surface area contributed by atoms with Gasteiger partial charge in [-0.15, -0.1) is 0 Å². The SMILES string of the molecule is CSCCCO.CSCC[C@H](N)C(=O)O. The Bertz CT molecular complexity index is 143. The summed E-state index contributed by atoms with van der Waals surface area (Å²) in [5, 5.41) is 16.5. The Balaban J connectivity index is 0. The van der Waals surface area contributed by atoms with Gasteiger partial charge in [0, 0.05) is 6.61 Å². The zero-order valence-corrected chi connectivity index (χ0v) is 10.9. The zero-order valence-electron chi connectivity index (χ0n) is 9.31. The first kappa shape index (κ1) is 17.5. The number of aliphatic carboxylic acids is 1. The summed E-state index contributed by atoms with van der Waals surface area (Å²) in [5.74, 6) is 0.980. The van der Waals surface area contributed by atoms with Crippen LogP contribution in [0.25, 0.3) is 0 Å². The van der Waals surface area contributed by atoms with Gasteiger partial charge in [0.05, 0.1) is 0 Å². The molecular weight excluding hydrogens is 234 g/mol. The second-order valence-corrected chi connectivity index (χ2v) is 4.77. The summed E-state index contributed by atoms with van der Waals surface area (Å²) in [6.45, 7) is 0.334. The van der Waals surface area contributed by atoms with Crippen molar-refractivity contribution in [3.05, 3.63) is 0 Å². The highest BCUT2D eigenvalue weighted by atomic mass is 32.2. The number of thioether (sulfide) groups is 2. The first-order valence-corrected chi connectivity index (χ1v) is 7.46. The molecule has 4 N–H and O–H groups in total. The molecule has 0 aliphatic carbocycles. The predicted molar refractivity (Wildman–Crippen MR) is 68.7 cm³/mol. The normalized spacial score (nSPS) is 11.5. The lowest BCUT2D eigenvalue weighted by atomic mass is 10.2. The average molecular weight is 255 g/mol. The Morgan fingerprint density at radius 1 is 1.33 bits per heavy atom. The summed E-state index contributed by atoms with van der Waals surface area (Å²) in [5.41, 5.74) is 5.19. The fourth-order valence-electron chi connectivity index (χ4n) is 0.577. The van der Waals surface area contributed by atoms with E-state index in [1.165, 1.54) is 0 Å². The van der Waals surface area contributed by atoms with Crippen LogP contribution >= 0.6 is 23.5 Å². The highest BCUT2D eigenvalue weighted by molar-refractivity contribution is 7.98. The fourth-order valence-corrected chi connectivity index (χ4v) is 1.48. The van der Waals surface area contributed by atoms with E-state index in [0.29, 0.717) is 13.0 Å². The Hall–Kier alpha value is 0.0900. The van der Waals surface area contributed by atoms with Crippen LogP contribution in [0.2, 0.25) is 0 Å². The molecule has 15 heavy (non-hydrogen) atoms. The Morgan fingerprint density at radius 2 is 1.87 bits per heavy atom. The molecule has 92 valence electrons. The van der Waals surface area contributed by atoms with Crippen LogP contribution in [0.3, 0.4) is 0 Å². The third-order valence-corrected chi connectivity index (χ3v) is 2.80. The van der Waals surface area contributed by atoms with E-state index >= 15 is 0 Å². The van der Waals surface area contributed by atoms with E-state index in [-0.39, 0.29) is 0 Å². The minimum Gasteiger partial charge on any atom is -0.480 e. The molecule has 0 aromatic carbocycles. The van der Waals surface area contributed by atoms with Gasteiger partial charge in [0.15, 0.2) is 0 Å². The number of carboxylic acid groups (broad SMARTS) is 1. The van der Waals surface area contributed by atoms with E-state index < -0.39 is 12.0 Å². The summed E-state index contributed by atoms with van der Waals surface area (Å²) in [7, 11) is 0. The Kier molecular flexibility index (Phi) is 16.4. The Labute approximate surface area is 100 Å². The summed E-state index contributed by atoms with van der Waals surface area (Å²) in [4.78, 5) is 10.1. The minimum absolute atomic E-state index is 0.334. The number of hydrogen-bond donors (Lipinski definition) is 3. The van der Waals surface area contributed by atoms with Crippen LogP contribution in [0.4, 0.5) is 0 Å². The monoisotopic (exact) mass is 255 g/mol. The maximum Gasteiger partial charge on any atom is 0.320 e. The van der Waals surface area contributed by atoms with Crippen LogP contribution in [0.1, 0.15) is 12.8 Å². The standard InChI is InChI=1S/C5H11NO2S.C4H10OS/c1-9-3-2-4(6)5(7)8;1-6-4-2-3-5/h4H,2-3,6H2,1H3,(H,7,8);5H,2-4H2,1H3/t4-;/m0./s1. The van der Waals surface area contributed by atoms with Gasteiger partial charge in [-0.1, -0.05) is 0 Å². The van der Waals surface area contributed by atoms with Crippen LogP contribution in [-0.4, -0.2) is 52.8 Å². The van der Waals surface area contributed by atoms with Gasteiger partial charge in [-0.3, -0.25) is 4.79 Å². The molecule has 0 amide bonds. The van der Waals surface area contributed by atoms with Crippen LogP contribution in [0, 0.1) is 0 Å². The number of rotatable bonds is 7. The molecule has 6 heteroatoms. The molecule has 0 saturated heterocycles. The van der Waals surface area contributed by atoms with Gasteiger partial charge < -0.3 is 15.9 Å². The van der Waals surface area contributed by atoms with Crippen molar-refractivity contribution >= 4 is 29.5 Å². The first-order chi connectivity index (χ1) is 7.09. The highest BCUT2D eigenvalue weighted by Crippen LogP contribution is 1.97. The van der Waals surface area contributed by atoms with Crippen molar-refractivity contribution < 1.29 is 15.0 Å². The smallest absolute Gasteiger partial charge is 0.320 e. The second-order valence-electron chi connectivity index (χ2n) is 2.80. The molecule has 0 bridgehead atoms. The minimum atomic E-state index is -0.913. The molecule has 0 radical (unpaired) electrons. The summed E-state index contributed by atoms with van der Waals surface area (Å²) < 4.78 is 0. The lowest BCUT2D eigenvalue weighted by Crippen LogP contribution is -2.30. The maximum absolute atomic E-state index is 10.1. The Morgan fingerprint density at radius 3 is 2.13 bits per heavy atom. The van der Waals surface area contributed by atoms with Crippen molar-refractivity contribution in [3.8, 4) is 0 Å². The van der Waals surface area contributed by atoms with Gasteiger partial charge >= 0.3 is 5.97 Å². The lowest BCUT2D eigenvalue weighted by Gasteiger charge is -2.02. The molecule has 0 aromatic heterocycles. The number of nitrogens with two attached hydrogens (primary N) is 1. The van der Waals surface area contributed by atoms with Crippen LogP contribution in [0.5, 0.6) is 0 Å². The number of aliphatic hydroxyl groups excluding tert-OH is 1. The van der Waals surface area contributed by atoms with Crippen molar-refractivity contribution in [2.45, 2.75) is 18.9 Å². The average Bonchev–Trinajstić information content (AvgIpc) is 2.23. The molecule has 4 nitrogen and oxygen atoms in total. The largest absolute Gasteiger partial charge is 0.480 e. The predicted octanol–water partition coefficient (Wildman–Crippen LogP) is 0.883. The molecular formula is C9H21NO3S2. The molecule has 0 unspecified atom stereocenters. The fraction of sp³-hybridized carbons (Fsp3) is 0.889. The summed E-state index contributed by atoms with van der Waals surface area (Å²) in [6, 6.07) is -0.683. The van der Waals surface area contributed by atoms with Gasteiger partial charge in [0.1, 0.15) is 6.04 Å². The van der Waals surface area contributed by atoms with E-state index in [9.17, 15) is 4.79 Å². The number of carbonyl (C=O) groups is 1. The van der Waals surface area contributed by atoms with E-state index in [0.717, 1.165) is 17.9 Å². The zero-order chi connectivity index (χ0) is 12.1. The molecule has 1 atom stereocenters. The molecule has 0 rings (SSSR count). The molecule has 0 spiro atoms. The van der Waals surface area contributed by atoms with Crippen molar-refractivity contribution in [2.75, 3.05) is 30.6 Å². The number of hydrogen-bond acceptors (Lipinski definition) is 5. The molecule has 0 aromatic rings. The molecule has 0 aliphatic heterocycles. The van der Waals surface area contributed by atoms with E-state index in [1.807, 2.05) is 12.5 Å². The highest BCUT2D eigenvalue weighted by Gasteiger charge is 2.08. The van der Waals surface area contributed by atoms with Crippen molar-refractivity contribution in [2.24, 2.45) is 5.73 Å². The van der Waals surface area contributed by atoms with Gasteiger partial charge in [-0.25, -0.2) is 0 Å². The molecule has 0 saturated carbocycles. The van der Waals surface area contributed by atoms with E-state index in [1.54, 1.807) is 23.5 Å². The molecule has 0 heterocycles. The molecule has 0 fully saturated rings. The van der Waals surface area contributed by atoms with Gasteiger partial charge in [-0.2, -0.15) is 23.5 Å². The maximum atomic E-state index is 10.1. The number of aliphatic hydroxyl groups is 1. The number of carboxylic acids is 1. The van der Waals surface area contributed by atoms with Crippen molar-refractivity contribution in [1.29, 1.82) is 0 Å². The summed E-state index contributed by atoms with van der Waals surface area (Å²) in [6.07, 6.45) is 5.45. The topological polar surface area (TPSA) is 83.5 Å². The third-order valence-electron chi connectivity index (χ3n) is 1.46. The lowest BCUT2D eigenvalue weighted by molar-refractivity contribution is -0.138. The van der Waals surface area contributed by atoms with Crippen LogP contribution in [-0.2, 0) is 4.79 Å². The molecule has 0 aliphatic rings. The van der Waals surface area contributed by atoms with Crippen LogP contribution in [0.15, 0.2) is 0 Å².